The number of Topliss-reactive ketones (excluding diaryl/α,β-unsaturated/α-hetero) is 1. The van der Waals surface area contributed by atoms with Gasteiger partial charge in [-0.1, -0.05) is 54.1 Å². The van der Waals surface area contributed by atoms with Crippen LogP contribution in [0.3, 0.4) is 0 Å². The minimum Gasteiger partial charge on any atom is -0.489 e. The van der Waals surface area contributed by atoms with E-state index in [0.29, 0.717) is 28.8 Å². The van der Waals surface area contributed by atoms with Crippen molar-refractivity contribution in [1.82, 2.24) is 14.8 Å². The molecule has 5 rings (SSSR count). The molecule has 0 aliphatic carbocycles. The molecule has 0 bridgehead atoms. The molecule has 0 spiro atoms. The molecule has 1 aliphatic heterocycles. The minimum absolute atomic E-state index is 0.0872. The molecule has 1 aromatic heterocycles. The topological polar surface area (TPSA) is 89.9 Å². The lowest BCUT2D eigenvalue weighted by Crippen LogP contribution is -2.42. The lowest BCUT2D eigenvalue weighted by Gasteiger charge is -2.24. The van der Waals surface area contributed by atoms with E-state index in [0.717, 1.165) is 10.5 Å². The van der Waals surface area contributed by atoms with Gasteiger partial charge in [0.15, 0.2) is 12.0 Å². The minimum atomic E-state index is -1.40. The Balaban J connectivity index is 1.29. The Morgan fingerprint density at radius 3 is 2.62 bits per heavy atom. The summed E-state index contributed by atoms with van der Waals surface area (Å²) < 4.78 is 41.4. The summed E-state index contributed by atoms with van der Waals surface area (Å²) in [7, 11) is 0. The highest BCUT2D eigenvalue weighted by Crippen LogP contribution is 2.28. The number of benzene rings is 3. The fraction of sp³-hybridized carbons (Fsp3) is 0.258. The van der Waals surface area contributed by atoms with Crippen molar-refractivity contribution < 1.29 is 32.6 Å². The molecule has 2 atom stereocenters. The van der Waals surface area contributed by atoms with Crippen LogP contribution in [0.2, 0.25) is 5.02 Å². The van der Waals surface area contributed by atoms with Crippen LogP contribution in [0, 0.1) is 5.82 Å². The van der Waals surface area contributed by atoms with E-state index in [4.69, 9.17) is 21.1 Å². The molecular weight excluding hydrogens is 568 g/mol. The summed E-state index contributed by atoms with van der Waals surface area (Å²) in [6.45, 7) is 1.08. The Hall–Kier alpha value is -4.44. The number of carbonyl (C=O) groups is 3. The number of aromatic nitrogens is 1. The maximum Gasteiger partial charge on any atom is 0.409 e. The van der Waals surface area contributed by atoms with Crippen LogP contribution in [0.25, 0.3) is 10.9 Å². The monoisotopic (exact) mass is 595 g/mol. The van der Waals surface area contributed by atoms with Gasteiger partial charge in [-0.05, 0) is 30.7 Å². The summed E-state index contributed by atoms with van der Waals surface area (Å²) >= 11 is 5.78. The highest BCUT2D eigenvalue weighted by molar-refractivity contribution is 6.30. The molecule has 2 amide bonds. The first kappa shape index (κ1) is 29.1. The summed E-state index contributed by atoms with van der Waals surface area (Å²) in [5, 5.41) is 2.97. The molecular formula is C31H28ClF2N3O5. The maximum atomic E-state index is 14.4. The number of hydrogen-bond donors (Lipinski definition) is 1. The lowest BCUT2D eigenvalue weighted by atomic mass is 10.1. The van der Waals surface area contributed by atoms with Crippen molar-refractivity contribution in [2.75, 3.05) is 6.54 Å². The highest BCUT2D eigenvalue weighted by atomic mass is 35.5. The highest BCUT2D eigenvalue weighted by Gasteiger charge is 2.38. The summed E-state index contributed by atoms with van der Waals surface area (Å²) in [6, 6.07) is 19.3. The molecule has 0 radical (unpaired) electrons. The van der Waals surface area contributed by atoms with Crippen molar-refractivity contribution >= 4 is 40.3 Å². The molecule has 4 aromatic rings. The standard InChI is InChI=1S/C31H28ClF2N3O5/c1-19(38)25-16-36(27-13-23(10-11-24(25)27)41-18-20-6-3-2-4-7-20)17-28(39)37-15-22(33)12-29(37)42-31(40)35-14-21-8-5-9-26(32)30(21)34/h2-11,13,16,22,29H,12,14-15,17-18H2,1H3,(H,35,40)/t22-,29+/m1/s1. The fourth-order valence-corrected chi connectivity index (χ4v) is 5.09. The van der Waals surface area contributed by atoms with E-state index < -0.39 is 30.2 Å². The van der Waals surface area contributed by atoms with Crippen LogP contribution in [-0.2, 0) is 29.2 Å². The van der Waals surface area contributed by atoms with Gasteiger partial charge in [-0.15, -0.1) is 0 Å². The van der Waals surface area contributed by atoms with Crippen molar-refractivity contribution in [2.24, 2.45) is 0 Å². The Kier molecular flexibility index (Phi) is 8.72. The number of amides is 2. The number of likely N-dealkylation sites (tertiary alicyclic amines) is 1. The Morgan fingerprint density at radius 2 is 1.86 bits per heavy atom. The Bertz CT molecular complexity index is 1630. The van der Waals surface area contributed by atoms with Crippen molar-refractivity contribution in [2.45, 2.75) is 45.4 Å². The number of nitrogens with zero attached hydrogens (tertiary/aromatic N) is 2. The van der Waals surface area contributed by atoms with Crippen LogP contribution in [0.5, 0.6) is 5.75 Å². The zero-order chi connectivity index (χ0) is 29.8. The molecule has 1 fully saturated rings. The molecule has 11 heteroatoms. The predicted molar refractivity (Wildman–Crippen MR) is 152 cm³/mol. The van der Waals surface area contributed by atoms with Crippen LogP contribution in [0.4, 0.5) is 13.6 Å². The van der Waals surface area contributed by atoms with E-state index >= 15 is 0 Å². The van der Waals surface area contributed by atoms with Crippen molar-refractivity contribution in [3.05, 3.63) is 100 Å². The zero-order valence-corrected chi connectivity index (χ0v) is 23.4. The van der Waals surface area contributed by atoms with E-state index in [9.17, 15) is 23.2 Å². The first-order chi connectivity index (χ1) is 20.2. The van der Waals surface area contributed by atoms with Crippen molar-refractivity contribution in [3.63, 3.8) is 0 Å². The summed E-state index contributed by atoms with van der Waals surface area (Å²) in [5.74, 6) is -0.801. The summed E-state index contributed by atoms with van der Waals surface area (Å²) in [6.07, 6.45) is -2.11. The molecule has 1 aliphatic rings. The quantitative estimate of drug-likeness (QED) is 0.238. The van der Waals surface area contributed by atoms with E-state index in [2.05, 4.69) is 5.32 Å². The van der Waals surface area contributed by atoms with Gasteiger partial charge in [-0.2, -0.15) is 0 Å². The lowest BCUT2D eigenvalue weighted by molar-refractivity contribution is -0.138. The van der Waals surface area contributed by atoms with Crippen molar-refractivity contribution in [1.29, 1.82) is 0 Å². The van der Waals surface area contributed by atoms with Gasteiger partial charge in [-0.25, -0.2) is 13.6 Å². The van der Waals surface area contributed by atoms with Gasteiger partial charge in [0, 0.05) is 41.7 Å². The fourth-order valence-electron chi connectivity index (χ4n) is 4.89. The molecule has 42 heavy (non-hydrogen) atoms. The molecule has 3 aromatic carbocycles. The number of alkyl carbamates (subject to hydrolysis) is 1. The Labute approximate surface area is 245 Å². The second-order valence-corrected chi connectivity index (χ2v) is 10.4. The average Bonchev–Trinajstić information content (AvgIpc) is 3.52. The predicted octanol–water partition coefficient (Wildman–Crippen LogP) is 6.04. The smallest absolute Gasteiger partial charge is 0.409 e. The molecule has 218 valence electrons. The number of fused-ring (bicyclic) bond motifs is 1. The number of alkyl halides is 1. The third kappa shape index (κ3) is 6.54. The van der Waals surface area contributed by atoms with Gasteiger partial charge >= 0.3 is 6.09 Å². The second kappa shape index (κ2) is 12.6. The van der Waals surface area contributed by atoms with Gasteiger partial charge in [-0.3, -0.25) is 9.59 Å². The summed E-state index contributed by atoms with van der Waals surface area (Å²) in [4.78, 5) is 39.3. The third-order valence-electron chi connectivity index (χ3n) is 7.00. The number of hydrogen-bond acceptors (Lipinski definition) is 5. The van der Waals surface area contributed by atoms with Crippen LogP contribution in [0.1, 0.15) is 34.8 Å². The third-order valence-corrected chi connectivity index (χ3v) is 7.30. The molecule has 2 heterocycles. The SMILES string of the molecule is CC(=O)c1cn(CC(=O)N2C[C@H](F)C[C@@H]2OC(=O)NCc2cccc(Cl)c2F)c2cc(OCc3ccccc3)ccc12. The molecule has 1 N–H and O–H groups in total. The van der Waals surface area contributed by atoms with Crippen LogP contribution < -0.4 is 10.1 Å². The van der Waals surface area contributed by atoms with Crippen LogP contribution in [0.15, 0.2) is 72.9 Å². The van der Waals surface area contributed by atoms with E-state index in [1.54, 1.807) is 35.0 Å². The number of nitrogens with one attached hydrogen (secondary N) is 1. The molecule has 1 saturated heterocycles. The first-order valence-corrected chi connectivity index (χ1v) is 13.7. The van der Waals surface area contributed by atoms with E-state index in [1.165, 1.54) is 19.1 Å². The van der Waals surface area contributed by atoms with Crippen molar-refractivity contribution in [3.8, 4) is 5.75 Å². The number of halogens is 3. The number of rotatable bonds is 9. The molecule has 0 unspecified atom stereocenters. The Morgan fingerprint density at radius 1 is 1.07 bits per heavy atom. The van der Waals surface area contributed by atoms with Gasteiger partial charge in [0.25, 0.3) is 0 Å². The average molecular weight is 596 g/mol. The second-order valence-electron chi connectivity index (χ2n) is 9.99. The van der Waals surface area contributed by atoms with Gasteiger partial charge < -0.3 is 24.3 Å². The van der Waals surface area contributed by atoms with Gasteiger partial charge in [0.2, 0.25) is 5.91 Å². The van der Waals surface area contributed by atoms with Gasteiger partial charge in [0.1, 0.15) is 30.9 Å². The van der Waals surface area contributed by atoms with E-state index in [1.807, 2.05) is 30.3 Å². The first-order valence-electron chi connectivity index (χ1n) is 13.3. The number of carbonyl (C=O) groups excluding carboxylic acids is 3. The maximum absolute atomic E-state index is 14.4. The van der Waals surface area contributed by atoms with Crippen LogP contribution in [-0.4, -0.2) is 46.2 Å². The van der Waals surface area contributed by atoms with E-state index in [-0.39, 0.29) is 42.4 Å². The largest absolute Gasteiger partial charge is 0.489 e. The molecule has 0 saturated carbocycles. The normalized spacial score (nSPS) is 16.4. The zero-order valence-electron chi connectivity index (χ0n) is 22.7. The molecule has 8 nitrogen and oxygen atoms in total. The van der Waals surface area contributed by atoms with Gasteiger partial charge in [0.05, 0.1) is 17.1 Å². The number of ketones is 1. The van der Waals surface area contributed by atoms with Crippen LogP contribution >= 0.6 is 11.6 Å². The number of ether oxygens (including phenoxy) is 2. The summed E-state index contributed by atoms with van der Waals surface area (Å²) in [5.41, 5.74) is 2.15.